The van der Waals surface area contributed by atoms with Gasteiger partial charge in [-0.3, -0.25) is 4.79 Å². The second-order valence-corrected chi connectivity index (χ2v) is 5.98. The van der Waals surface area contributed by atoms with E-state index >= 15 is 0 Å². The van der Waals surface area contributed by atoms with E-state index in [1.807, 2.05) is 24.3 Å². The summed E-state index contributed by atoms with van der Waals surface area (Å²) in [5, 5.41) is 6.40. The molecular weight excluding hydrogens is 292 g/mol. The number of carbonyl (C=O) groups excluding carboxylic acids is 1. The van der Waals surface area contributed by atoms with Gasteiger partial charge in [-0.2, -0.15) is 0 Å². The highest BCUT2D eigenvalue weighted by Gasteiger charge is 2.13. The molecule has 1 aromatic rings. The second kappa shape index (κ2) is 10.2. The van der Waals surface area contributed by atoms with Gasteiger partial charge in [0, 0.05) is 32.2 Å². The van der Waals surface area contributed by atoms with Gasteiger partial charge < -0.3 is 20.1 Å². The predicted octanol–water partition coefficient (Wildman–Crippen LogP) is 2.22. The first-order valence-corrected chi connectivity index (χ1v) is 8.50. The molecule has 0 radical (unpaired) electrons. The molecule has 5 heteroatoms. The summed E-state index contributed by atoms with van der Waals surface area (Å²) in [6.07, 6.45) is 4.40. The van der Waals surface area contributed by atoms with Gasteiger partial charge in [-0.1, -0.05) is 0 Å². The normalized spacial score (nSPS) is 17.7. The van der Waals surface area contributed by atoms with Crippen LogP contribution < -0.4 is 15.4 Å². The summed E-state index contributed by atoms with van der Waals surface area (Å²) in [5.41, 5.74) is 0.677. The third-order valence-electron chi connectivity index (χ3n) is 4.12. The Balaban J connectivity index is 1.67. The van der Waals surface area contributed by atoms with Crippen molar-refractivity contribution in [3.8, 4) is 5.75 Å². The first-order valence-electron chi connectivity index (χ1n) is 8.50. The highest BCUT2D eigenvalue weighted by molar-refractivity contribution is 5.94. The second-order valence-electron chi connectivity index (χ2n) is 5.98. The van der Waals surface area contributed by atoms with E-state index in [2.05, 4.69) is 10.6 Å². The van der Waals surface area contributed by atoms with Crippen LogP contribution in [0.25, 0.3) is 0 Å². The fourth-order valence-corrected chi connectivity index (χ4v) is 2.76. The number of hydrogen-bond donors (Lipinski definition) is 2. The van der Waals surface area contributed by atoms with Crippen LogP contribution >= 0.6 is 0 Å². The first kappa shape index (κ1) is 17.8. The largest absolute Gasteiger partial charge is 0.494 e. The summed E-state index contributed by atoms with van der Waals surface area (Å²) in [7, 11) is 1.68. The minimum Gasteiger partial charge on any atom is -0.494 e. The van der Waals surface area contributed by atoms with E-state index in [1.165, 1.54) is 12.8 Å². The quantitative estimate of drug-likeness (QED) is 0.685. The zero-order valence-electron chi connectivity index (χ0n) is 14.0. The van der Waals surface area contributed by atoms with E-state index in [1.54, 1.807) is 7.11 Å². The Morgan fingerprint density at radius 2 is 2.13 bits per heavy atom. The van der Waals surface area contributed by atoms with Crippen LogP contribution in [-0.4, -0.2) is 45.9 Å². The number of piperidine rings is 1. The van der Waals surface area contributed by atoms with Gasteiger partial charge in [-0.25, -0.2) is 0 Å². The zero-order valence-corrected chi connectivity index (χ0v) is 14.0. The molecule has 1 aliphatic heterocycles. The topological polar surface area (TPSA) is 59.6 Å². The van der Waals surface area contributed by atoms with Crippen molar-refractivity contribution in [2.75, 3.05) is 40.0 Å². The summed E-state index contributed by atoms with van der Waals surface area (Å²) < 4.78 is 10.6. The molecule has 1 atom stereocenters. The Labute approximate surface area is 138 Å². The number of carbonyl (C=O) groups is 1. The van der Waals surface area contributed by atoms with E-state index < -0.39 is 0 Å². The molecule has 0 aromatic heterocycles. The number of methoxy groups -OCH3 is 1. The van der Waals surface area contributed by atoms with Crippen molar-refractivity contribution in [1.82, 2.24) is 10.6 Å². The van der Waals surface area contributed by atoms with Crippen LogP contribution in [0, 0.1) is 5.92 Å². The van der Waals surface area contributed by atoms with Crippen molar-refractivity contribution in [3.05, 3.63) is 29.8 Å². The molecule has 5 nitrogen and oxygen atoms in total. The lowest BCUT2D eigenvalue weighted by molar-refractivity contribution is 0.0950. The van der Waals surface area contributed by atoms with Crippen LogP contribution in [0.2, 0.25) is 0 Å². The molecule has 2 rings (SSSR count). The van der Waals surface area contributed by atoms with Crippen molar-refractivity contribution in [2.45, 2.75) is 25.7 Å². The van der Waals surface area contributed by atoms with Crippen molar-refractivity contribution >= 4 is 5.91 Å². The fraction of sp³-hybridized carbons (Fsp3) is 0.611. The third-order valence-corrected chi connectivity index (χ3v) is 4.12. The summed E-state index contributed by atoms with van der Waals surface area (Å²) >= 11 is 0. The lowest BCUT2D eigenvalue weighted by Crippen LogP contribution is -2.33. The number of amides is 1. The number of ether oxygens (including phenoxy) is 2. The van der Waals surface area contributed by atoms with Crippen LogP contribution in [0.4, 0.5) is 0 Å². The van der Waals surface area contributed by atoms with Gasteiger partial charge in [0.05, 0.1) is 6.61 Å². The molecular formula is C18H28N2O3. The van der Waals surface area contributed by atoms with E-state index in [0.717, 1.165) is 38.2 Å². The van der Waals surface area contributed by atoms with Gasteiger partial charge in [0.2, 0.25) is 0 Å². The summed E-state index contributed by atoms with van der Waals surface area (Å²) in [6.45, 7) is 4.25. The molecule has 0 spiro atoms. The van der Waals surface area contributed by atoms with Crippen molar-refractivity contribution in [3.63, 3.8) is 0 Å². The fourth-order valence-electron chi connectivity index (χ4n) is 2.76. The molecule has 0 saturated carbocycles. The number of rotatable bonds is 9. The maximum absolute atomic E-state index is 12.1. The van der Waals surface area contributed by atoms with Crippen molar-refractivity contribution < 1.29 is 14.3 Å². The number of hydrogen-bond acceptors (Lipinski definition) is 4. The predicted molar refractivity (Wildman–Crippen MR) is 91.0 cm³/mol. The van der Waals surface area contributed by atoms with E-state index in [9.17, 15) is 4.79 Å². The average molecular weight is 320 g/mol. The molecule has 128 valence electrons. The highest BCUT2D eigenvalue weighted by atomic mass is 16.5. The van der Waals surface area contributed by atoms with Gasteiger partial charge in [0.15, 0.2) is 0 Å². The van der Waals surface area contributed by atoms with E-state index in [-0.39, 0.29) is 5.91 Å². The molecule has 1 amide bonds. The molecule has 23 heavy (non-hydrogen) atoms. The van der Waals surface area contributed by atoms with E-state index in [4.69, 9.17) is 9.47 Å². The van der Waals surface area contributed by atoms with Crippen molar-refractivity contribution in [2.24, 2.45) is 5.92 Å². The minimum absolute atomic E-state index is 0.0142. The minimum atomic E-state index is -0.0142. The van der Waals surface area contributed by atoms with Gasteiger partial charge in [0.1, 0.15) is 5.75 Å². The Bertz CT molecular complexity index is 456. The molecule has 0 bridgehead atoms. The SMILES string of the molecule is COCCCOc1ccc(C(=O)NCCC2CCCNC2)cc1. The lowest BCUT2D eigenvalue weighted by Gasteiger charge is -2.22. The van der Waals surface area contributed by atoms with Crippen LogP contribution in [-0.2, 0) is 4.74 Å². The molecule has 2 N–H and O–H groups in total. The molecule has 1 unspecified atom stereocenters. The van der Waals surface area contributed by atoms with Crippen molar-refractivity contribution in [1.29, 1.82) is 0 Å². The summed E-state index contributed by atoms with van der Waals surface area (Å²) in [4.78, 5) is 12.1. The van der Waals surface area contributed by atoms with Crippen LogP contribution in [0.3, 0.4) is 0 Å². The molecule has 0 aliphatic carbocycles. The number of benzene rings is 1. The standard InChI is InChI=1S/C18H28N2O3/c1-22-12-3-13-23-17-7-5-16(6-8-17)18(21)20-11-9-15-4-2-10-19-14-15/h5-8,15,19H,2-4,9-14H2,1H3,(H,20,21). The Morgan fingerprint density at radius 3 is 2.83 bits per heavy atom. The Hall–Kier alpha value is -1.59. The van der Waals surface area contributed by atoms with Gasteiger partial charge in [0.25, 0.3) is 5.91 Å². The zero-order chi connectivity index (χ0) is 16.3. The maximum atomic E-state index is 12.1. The first-order chi connectivity index (χ1) is 11.3. The average Bonchev–Trinajstić information content (AvgIpc) is 2.60. The van der Waals surface area contributed by atoms with Crippen LogP contribution in [0.15, 0.2) is 24.3 Å². The van der Waals surface area contributed by atoms with Gasteiger partial charge in [-0.15, -0.1) is 0 Å². The molecule has 1 aromatic carbocycles. The number of nitrogens with one attached hydrogen (secondary N) is 2. The lowest BCUT2D eigenvalue weighted by atomic mass is 9.96. The smallest absolute Gasteiger partial charge is 0.251 e. The maximum Gasteiger partial charge on any atom is 0.251 e. The summed E-state index contributed by atoms with van der Waals surface area (Å²) in [6, 6.07) is 7.30. The van der Waals surface area contributed by atoms with E-state index in [0.29, 0.717) is 24.7 Å². The molecule has 1 heterocycles. The van der Waals surface area contributed by atoms with Gasteiger partial charge in [-0.05, 0) is 62.5 Å². The Morgan fingerprint density at radius 1 is 1.30 bits per heavy atom. The molecule has 1 fully saturated rings. The van der Waals surface area contributed by atoms with Crippen LogP contribution in [0.1, 0.15) is 36.0 Å². The molecule has 1 saturated heterocycles. The third kappa shape index (κ3) is 6.59. The molecule has 1 aliphatic rings. The Kier molecular flexibility index (Phi) is 7.90. The monoisotopic (exact) mass is 320 g/mol. The van der Waals surface area contributed by atoms with Gasteiger partial charge >= 0.3 is 0 Å². The highest BCUT2D eigenvalue weighted by Crippen LogP contribution is 2.14. The summed E-state index contributed by atoms with van der Waals surface area (Å²) in [5.74, 6) is 1.46. The van der Waals surface area contributed by atoms with Crippen LogP contribution in [0.5, 0.6) is 5.75 Å².